The summed E-state index contributed by atoms with van der Waals surface area (Å²) in [6, 6.07) is 21.1. The molecule has 0 aliphatic heterocycles. The van der Waals surface area contributed by atoms with Gasteiger partial charge in [0.15, 0.2) is 0 Å². The maximum Gasteiger partial charge on any atom is 0.141 e. The summed E-state index contributed by atoms with van der Waals surface area (Å²) in [5.74, 6) is 0.840. The van der Waals surface area contributed by atoms with Gasteiger partial charge in [-0.2, -0.15) is 5.10 Å². The highest BCUT2D eigenvalue weighted by Crippen LogP contribution is 2.24. The Kier molecular flexibility index (Phi) is 4.07. The lowest BCUT2D eigenvalue weighted by Gasteiger charge is -2.23. The first-order valence-corrected chi connectivity index (χ1v) is 7.06. The van der Waals surface area contributed by atoms with E-state index < -0.39 is 0 Å². The topological polar surface area (TPSA) is 53.6 Å². The van der Waals surface area contributed by atoms with Crippen LogP contribution >= 0.6 is 0 Å². The molecule has 1 unspecified atom stereocenters. The second kappa shape index (κ2) is 6.33. The molecule has 0 fully saturated rings. The SMILES string of the molecule is CC(NC(c1ccccc1)c1ccccc1)c1ncn[nH]1. The van der Waals surface area contributed by atoms with E-state index in [9.17, 15) is 0 Å². The van der Waals surface area contributed by atoms with Crippen molar-refractivity contribution in [2.24, 2.45) is 0 Å². The quantitative estimate of drug-likeness (QED) is 0.753. The lowest BCUT2D eigenvalue weighted by molar-refractivity contribution is 0.497. The highest BCUT2D eigenvalue weighted by atomic mass is 15.2. The van der Waals surface area contributed by atoms with Gasteiger partial charge in [-0.05, 0) is 18.1 Å². The van der Waals surface area contributed by atoms with Crippen molar-refractivity contribution < 1.29 is 0 Å². The third-order valence-corrected chi connectivity index (χ3v) is 3.53. The van der Waals surface area contributed by atoms with E-state index >= 15 is 0 Å². The summed E-state index contributed by atoms with van der Waals surface area (Å²) in [5.41, 5.74) is 2.46. The Bertz CT molecular complexity index is 610. The van der Waals surface area contributed by atoms with Crippen LogP contribution in [0.25, 0.3) is 0 Å². The summed E-state index contributed by atoms with van der Waals surface area (Å²) in [5, 5.41) is 10.5. The summed E-state index contributed by atoms with van der Waals surface area (Å²) in [6.07, 6.45) is 1.54. The van der Waals surface area contributed by atoms with Crippen LogP contribution in [0.5, 0.6) is 0 Å². The normalized spacial score (nSPS) is 12.5. The molecule has 0 spiro atoms. The number of nitrogens with one attached hydrogen (secondary N) is 2. The van der Waals surface area contributed by atoms with Crippen molar-refractivity contribution >= 4 is 0 Å². The second-order valence-corrected chi connectivity index (χ2v) is 5.01. The lowest BCUT2D eigenvalue weighted by atomic mass is 9.98. The van der Waals surface area contributed by atoms with Gasteiger partial charge in [0, 0.05) is 0 Å². The third-order valence-electron chi connectivity index (χ3n) is 3.53. The average Bonchev–Trinajstić information content (AvgIpc) is 3.09. The van der Waals surface area contributed by atoms with Crippen LogP contribution in [-0.4, -0.2) is 15.2 Å². The molecule has 2 N–H and O–H groups in total. The molecule has 1 aromatic heterocycles. The molecule has 1 atom stereocenters. The fourth-order valence-corrected chi connectivity index (χ4v) is 2.43. The number of aromatic nitrogens is 3. The third kappa shape index (κ3) is 3.17. The monoisotopic (exact) mass is 278 g/mol. The van der Waals surface area contributed by atoms with Gasteiger partial charge in [-0.15, -0.1) is 0 Å². The average molecular weight is 278 g/mol. The number of rotatable bonds is 5. The van der Waals surface area contributed by atoms with Gasteiger partial charge < -0.3 is 0 Å². The highest BCUT2D eigenvalue weighted by molar-refractivity contribution is 5.31. The van der Waals surface area contributed by atoms with E-state index in [0.29, 0.717) is 0 Å². The van der Waals surface area contributed by atoms with Crippen LogP contribution in [0.4, 0.5) is 0 Å². The zero-order valence-electron chi connectivity index (χ0n) is 11.9. The molecule has 0 amide bonds. The minimum absolute atomic E-state index is 0.0814. The Morgan fingerprint density at radius 1 is 0.905 bits per heavy atom. The Hall–Kier alpha value is -2.46. The number of hydrogen-bond donors (Lipinski definition) is 2. The van der Waals surface area contributed by atoms with Crippen molar-refractivity contribution in [2.75, 3.05) is 0 Å². The molecule has 3 aromatic rings. The second-order valence-electron chi connectivity index (χ2n) is 5.01. The van der Waals surface area contributed by atoms with Gasteiger partial charge in [-0.1, -0.05) is 60.7 Å². The molecule has 4 nitrogen and oxygen atoms in total. The van der Waals surface area contributed by atoms with Gasteiger partial charge >= 0.3 is 0 Å². The fourth-order valence-electron chi connectivity index (χ4n) is 2.43. The van der Waals surface area contributed by atoms with Crippen molar-refractivity contribution in [3.8, 4) is 0 Å². The Morgan fingerprint density at radius 3 is 1.95 bits per heavy atom. The van der Waals surface area contributed by atoms with Gasteiger partial charge in [0.2, 0.25) is 0 Å². The van der Waals surface area contributed by atoms with Crippen molar-refractivity contribution in [3.63, 3.8) is 0 Å². The first-order valence-electron chi connectivity index (χ1n) is 7.06. The van der Waals surface area contributed by atoms with Crippen LogP contribution in [0.1, 0.15) is 36.0 Å². The van der Waals surface area contributed by atoms with E-state index in [0.717, 1.165) is 5.82 Å². The van der Waals surface area contributed by atoms with Crippen LogP contribution in [0.3, 0.4) is 0 Å². The number of nitrogens with zero attached hydrogens (tertiary/aromatic N) is 2. The summed E-state index contributed by atoms with van der Waals surface area (Å²) < 4.78 is 0. The zero-order valence-corrected chi connectivity index (χ0v) is 11.9. The number of benzene rings is 2. The molecule has 1 heterocycles. The van der Waals surface area contributed by atoms with E-state index in [-0.39, 0.29) is 12.1 Å². The summed E-state index contributed by atoms with van der Waals surface area (Å²) >= 11 is 0. The summed E-state index contributed by atoms with van der Waals surface area (Å²) in [7, 11) is 0. The zero-order chi connectivity index (χ0) is 14.5. The molecule has 21 heavy (non-hydrogen) atoms. The Balaban J connectivity index is 1.90. The molecule has 0 radical (unpaired) electrons. The van der Waals surface area contributed by atoms with Crippen molar-refractivity contribution in [3.05, 3.63) is 83.9 Å². The largest absolute Gasteiger partial charge is 0.297 e. The molecule has 106 valence electrons. The molecule has 0 saturated carbocycles. The smallest absolute Gasteiger partial charge is 0.141 e. The number of H-pyrrole nitrogens is 1. The Morgan fingerprint density at radius 2 is 1.48 bits per heavy atom. The van der Waals surface area contributed by atoms with Crippen molar-refractivity contribution in [2.45, 2.75) is 19.0 Å². The molecule has 2 aromatic carbocycles. The molecule has 0 aliphatic rings. The van der Waals surface area contributed by atoms with E-state index in [4.69, 9.17) is 0 Å². The van der Waals surface area contributed by atoms with Gasteiger partial charge in [0.25, 0.3) is 0 Å². The number of aromatic amines is 1. The van der Waals surface area contributed by atoms with Gasteiger partial charge in [0.1, 0.15) is 12.2 Å². The highest BCUT2D eigenvalue weighted by Gasteiger charge is 2.18. The minimum atomic E-state index is 0.0814. The number of hydrogen-bond acceptors (Lipinski definition) is 3. The van der Waals surface area contributed by atoms with E-state index in [2.05, 4.69) is 76.0 Å². The van der Waals surface area contributed by atoms with Crippen LogP contribution < -0.4 is 5.32 Å². The first-order chi connectivity index (χ1) is 10.3. The van der Waals surface area contributed by atoms with Gasteiger partial charge in [-0.25, -0.2) is 4.98 Å². The molecule has 0 bridgehead atoms. The van der Waals surface area contributed by atoms with Crippen molar-refractivity contribution in [1.82, 2.24) is 20.5 Å². The van der Waals surface area contributed by atoms with Crippen LogP contribution in [0.2, 0.25) is 0 Å². The molecule has 0 saturated heterocycles. The molecule has 3 rings (SSSR count). The predicted molar refractivity (Wildman–Crippen MR) is 82.7 cm³/mol. The molecular weight excluding hydrogens is 260 g/mol. The maximum absolute atomic E-state index is 4.23. The van der Waals surface area contributed by atoms with Gasteiger partial charge in [-0.3, -0.25) is 10.4 Å². The van der Waals surface area contributed by atoms with E-state index in [1.54, 1.807) is 0 Å². The summed E-state index contributed by atoms with van der Waals surface area (Å²) in [6.45, 7) is 2.08. The standard InChI is InChI=1S/C17H18N4/c1-13(17-18-12-19-21-17)20-16(14-8-4-2-5-9-14)15-10-6-3-7-11-15/h2-13,16,20H,1H3,(H,18,19,21). The van der Waals surface area contributed by atoms with Gasteiger partial charge in [0.05, 0.1) is 12.1 Å². The predicted octanol–water partition coefficient (Wildman–Crippen LogP) is 3.24. The molecule has 4 heteroatoms. The Labute approximate surface area is 124 Å². The lowest BCUT2D eigenvalue weighted by Crippen LogP contribution is -2.26. The molecule has 0 aliphatic carbocycles. The summed E-state index contributed by atoms with van der Waals surface area (Å²) in [4.78, 5) is 4.23. The molecular formula is C17H18N4. The van der Waals surface area contributed by atoms with Crippen LogP contribution in [0, 0.1) is 0 Å². The van der Waals surface area contributed by atoms with Crippen LogP contribution in [0.15, 0.2) is 67.0 Å². The maximum atomic E-state index is 4.23. The van der Waals surface area contributed by atoms with E-state index in [1.165, 1.54) is 17.5 Å². The first kappa shape index (κ1) is 13.5. The van der Waals surface area contributed by atoms with E-state index in [1.807, 2.05) is 12.1 Å². The van der Waals surface area contributed by atoms with Crippen molar-refractivity contribution in [1.29, 1.82) is 0 Å². The van der Waals surface area contributed by atoms with Crippen LogP contribution in [-0.2, 0) is 0 Å². The minimum Gasteiger partial charge on any atom is -0.297 e. The fraction of sp³-hybridized carbons (Fsp3) is 0.176.